The van der Waals surface area contributed by atoms with E-state index in [0.29, 0.717) is 23.5 Å². The summed E-state index contributed by atoms with van der Waals surface area (Å²) in [7, 11) is 0. The number of anilines is 1. The summed E-state index contributed by atoms with van der Waals surface area (Å²) in [5.41, 5.74) is 0.168. The maximum absolute atomic E-state index is 13.3. The maximum atomic E-state index is 13.3. The number of alkyl halides is 3. The van der Waals surface area contributed by atoms with Gasteiger partial charge in [0.05, 0.1) is 24.2 Å². The highest BCUT2D eigenvalue weighted by molar-refractivity contribution is 5.98. The summed E-state index contributed by atoms with van der Waals surface area (Å²) in [5.74, 6) is -2.29. The number of carboxylic acid groups (broad SMARTS) is 1. The lowest BCUT2D eigenvalue weighted by Crippen LogP contribution is -2.42. The second kappa shape index (κ2) is 18.4. The molecule has 268 valence electrons. The number of amides is 2. The highest BCUT2D eigenvalue weighted by atomic mass is 19.4. The Kier molecular flexibility index (Phi) is 13.7. The van der Waals surface area contributed by atoms with E-state index in [9.17, 15) is 37.5 Å². The van der Waals surface area contributed by atoms with Gasteiger partial charge in [-0.05, 0) is 84.3 Å². The van der Waals surface area contributed by atoms with Crippen molar-refractivity contribution in [2.24, 2.45) is 0 Å². The zero-order valence-electron chi connectivity index (χ0n) is 28.0. The topological polar surface area (TPSA) is 131 Å². The van der Waals surface area contributed by atoms with Crippen LogP contribution in [0.3, 0.4) is 0 Å². The minimum atomic E-state index is -4.60. The first kappa shape index (κ1) is 38.2. The highest BCUT2D eigenvalue weighted by Gasteiger charge is 2.33. The molecular formula is C39H39F3N2O7. The zero-order valence-corrected chi connectivity index (χ0v) is 28.0. The molecular weight excluding hydrogens is 665 g/mol. The smallest absolute Gasteiger partial charge is 0.416 e. The Morgan fingerprint density at radius 1 is 0.765 bits per heavy atom. The van der Waals surface area contributed by atoms with Gasteiger partial charge in [-0.15, -0.1) is 0 Å². The third-order valence-electron chi connectivity index (χ3n) is 7.89. The lowest BCUT2D eigenvalue weighted by Gasteiger charge is -2.15. The number of hydrogen-bond acceptors (Lipinski definition) is 6. The maximum Gasteiger partial charge on any atom is 0.416 e. The number of rotatable bonds is 17. The van der Waals surface area contributed by atoms with E-state index in [0.717, 1.165) is 18.9 Å². The summed E-state index contributed by atoms with van der Waals surface area (Å²) in [4.78, 5) is 49.9. The van der Waals surface area contributed by atoms with Gasteiger partial charge < -0.3 is 25.2 Å². The Balaban J connectivity index is 1.26. The van der Waals surface area contributed by atoms with Crippen LogP contribution in [-0.4, -0.2) is 41.5 Å². The van der Waals surface area contributed by atoms with Gasteiger partial charge in [-0.2, -0.15) is 13.2 Å². The van der Waals surface area contributed by atoms with Gasteiger partial charge >= 0.3 is 18.1 Å². The lowest BCUT2D eigenvalue weighted by molar-refractivity contribution is -0.139. The number of halogens is 3. The fourth-order valence-electron chi connectivity index (χ4n) is 5.15. The Labute approximate surface area is 293 Å². The molecule has 0 fully saturated rings. The predicted octanol–water partition coefficient (Wildman–Crippen LogP) is 7.88. The van der Waals surface area contributed by atoms with Crippen LogP contribution >= 0.6 is 0 Å². The van der Waals surface area contributed by atoms with Crippen LogP contribution in [0.1, 0.15) is 76.4 Å². The number of carbonyl (C=O) groups is 4. The molecule has 0 unspecified atom stereocenters. The highest BCUT2D eigenvalue weighted by Crippen LogP contribution is 2.32. The van der Waals surface area contributed by atoms with Crippen molar-refractivity contribution >= 4 is 29.4 Å². The SMILES string of the molecule is CCCCCCCOc1ccc(C(=O)Oc2ccc(C[C@H](NC(=O)c3ccc(NC(=O)Cc4ccccc4C(F)(F)F)cc3)C(=O)O)cc2)cc1. The van der Waals surface area contributed by atoms with Gasteiger partial charge in [-0.3, -0.25) is 9.59 Å². The van der Waals surface area contributed by atoms with Crippen LogP contribution in [0.2, 0.25) is 0 Å². The molecule has 0 aliphatic rings. The van der Waals surface area contributed by atoms with Crippen molar-refractivity contribution in [2.45, 2.75) is 64.1 Å². The number of nitrogens with one attached hydrogen (secondary N) is 2. The van der Waals surface area contributed by atoms with Gasteiger partial charge in [0, 0.05) is 17.7 Å². The van der Waals surface area contributed by atoms with Crippen LogP contribution in [0.15, 0.2) is 97.1 Å². The molecule has 0 spiro atoms. The molecule has 0 aliphatic heterocycles. The summed E-state index contributed by atoms with van der Waals surface area (Å²) < 4.78 is 50.9. The molecule has 9 nitrogen and oxygen atoms in total. The van der Waals surface area contributed by atoms with Crippen molar-refractivity contribution < 1.29 is 46.9 Å². The average Bonchev–Trinajstić information content (AvgIpc) is 3.10. The molecule has 12 heteroatoms. The van der Waals surface area contributed by atoms with E-state index in [1.807, 2.05) is 0 Å². The van der Waals surface area contributed by atoms with Gasteiger partial charge in [0.1, 0.15) is 17.5 Å². The van der Waals surface area contributed by atoms with Crippen molar-refractivity contribution in [3.05, 3.63) is 125 Å². The second-order valence-electron chi connectivity index (χ2n) is 11.8. The standard InChI is InChI=1S/C39H39F3N2O7/c1-2-3-4-5-8-23-50-31-21-15-28(16-22-31)38(49)51-32-19-11-26(12-20-32)24-34(37(47)48)44-36(46)27-13-17-30(18-14-27)43-35(45)25-29-9-6-7-10-33(29)39(40,41)42/h6-7,9-22,34H,2-5,8,23-25H2,1H3,(H,43,45)(H,44,46)(H,47,48)/t34-/m0/s1. The summed E-state index contributed by atoms with van der Waals surface area (Å²) in [5, 5.41) is 14.7. The number of hydrogen-bond donors (Lipinski definition) is 3. The quantitative estimate of drug-likeness (QED) is 0.0579. The Morgan fingerprint density at radius 2 is 1.39 bits per heavy atom. The Morgan fingerprint density at radius 3 is 2.04 bits per heavy atom. The minimum Gasteiger partial charge on any atom is -0.494 e. The third kappa shape index (κ3) is 12.0. The van der Waals surface area contributed by atoms with Gasteiger partial charge in [0.25, 0.3) is 5.91 Å². The molecule has 0 aromatic heterocycles. The van der Waals surface area contributed by atoms with E-state index in [2.05, 4.69) is 17.6 Å². The van der Waals surface area contributed by atoms with Crippen LogP contribution in [0.5, 0.6) is 11.5 Å². The van der Waals surface area contributed by atoms with Crippen LogP contribution in [0.4, 0.5) is 18.9 Å². The third-order valence-corrected chi connectivity index (χ3v) is 7.89. The normalized spacial score (nSPS) is 11.7. The van der Waals surface area contributed by atoms with Crippen LogP contribution in [0.25, 0.3) is 0 Å². The number of carboxylic acids is 1. The van der Waals surface area contributed by atoms with Gasteiger partial charge in [-0.25, -0.2) is 9.59 Å². The molecule has 2 amide bonds. The van der Waals surface area contributed by atoms with Crippen molar-refractivity contribution in [3.63, 3.8) is 0 Å². The van der Waals surface area contributed by atoms with Gasteiger partial charge in [0.15, 0.2) is 0 Å². The van der Waals surface area contributed by atoms with E-state index in [1.165, 1.54) is 73.9 Å². The van der Waals surface area contributed by atoms with Crippen molar-refractivity contribution in [3.8, 4) is 11.5 Å². The first-order valence-electron chi connectivity index (χ1n) is 16.6. The summed E-state index contributed by atoms with van der Waals surface area (Å²) in [6, 6.07) is 21.9. The van der Waals surface area contributed by atoms with E-state index < -0.39 is 48.0 Å². The summed E-state index contributed by atoms with van der Waals surface area (Å²) in [6.07, 6.45) is 0.483. The van der Waals surface area contributed by atoms with E-state index >= 15 is 0 Å². The number of unbranched alkanes of at least 4 members (excludes halogenated alkanes) is 4. The number of esters is 1. The van der Waals surface area contributed by atoms with Crippen LogP contribution in [0, 0.1) is 0 Å². The molecule has 0 saturated carbocycles. The van der Waals surface area contributed by atoms with Crippen LogP contribution < -0.4 is 20.1 Å². The molecule has 4 rings (SSSR count). The van der Waals surface area contributed by atoms with E-state index in [4.69, 9.17) is 9.47 Å². The van der Waals surface area contributed by atoms with E-state index in [-0.39, 0.29) is 29.0 Å². The molecule has 3 N–H and O–H groups in total. The van der Waals surface area contributed by atoms with Gasteiger partial charge in [-0.1, -0.05) is 62.9 Å². The number of benzene rings is 4. The minimum absolute atomic E-state index is 0.0666. The number of carbonyl (C=O) groups excluding carboxylic acids is 3. The molecule has 0 radical (unpaired) electrons. The van der Waals surface area contributed by atoms with Crippen LogP contribution in [-0.2, 0) is 28.6 Å². The molecule has 4 aromatic rings. The molecule has 0 aliphatic carbocycles. The molecule has 1 atom stereocenters. The Bertz CT molecular complexity index is 1770. The largest absolute Gasteiger partial charge is 0.494 e. The van der Waals surface area contributed by atoms with Crippen molar-refractivity contribution in [1.82, 2.24) is 5.32 Å². The van der Waals surface area contributed by atoms with Crippen molar-refractivity contribution in [1.29, 1.82) is 0 Å². The summed E-state index contributed by atoms with van der Waals surface area (Å²) >= 11 is 0. The first-order valence-corrected chi connectivity index (χ1v) is 16.6. The zero-order chi connectivity index (χ0) is 36.8. The molecule has 4 aromatic carbocycles. The fourth-order valence-corrected chi connectivity index (χ4v) is 5.15. The molecule has 0 heterocycles. The first-order chi connectivity index (χ1) is 24.4. The number of aliphatic carboxylic acids is 1. The average molecular weight is 705 g/mol. The van der Waals surface area contributed by atoms with Gasteiger partial charge in [0.2, 0.25) is 5.91 Å². The molecule has 0 bridgehead atoms. The summed E-state index contributed by atoms with van der Waals surface area (Å²) in [6.45, 7) is 2.78. The van der Waals surface area contributed by atoms with E-state index in [1.54, 1.807) is 36.4 Å². The predicted molar refractivity (Wildman–Crippen MR) is 185 cm³/mol. The molecule has 0 saturated heterocycles. The number of ether oxygens (including phenoxy) is 2. The molecule has 51 heavy (non-hydrogen) atoms. The Hall–Kier alpha value is -5.65. The lowest BCUT2D eigenvalue weighted by atomic mass is 10.0. The second-order valence-corrected chi connectivity index (χ2v) is 11.8. The fraction of sp³-hybridized carbons (Fsp3) is 0.282. The van der Waals surface area contributed by atoms with Crippen molar-refractivity contribution in [2.75, 3.05) is 11.9 Å². The monoisotopic (exact) mass is 704 g/mol.